The van der Waals surface area contributed by atoms with Gasteiger partial charge in [0.25, 0.3) is 0 Å². The molecule has 0 fully saturated rings. The molecular formula is C42H30F4N2O4S3. The van der Waals surface area contributed by atoms with Crippen molar-refractivity contribution in [2.45, 2.75) is 53.6 Å². The molecule has 5 aromatic heterocycles. The molecular weight excluding hydrogens is 769 g/mol. The lowest BCUT2D eigenvalue weighted by molar-refractivity contribution is 0.0975. The summed E-state index contributed by atoms with van der Waals surface area (Å²) < 4.78 is 64.7. The number of thiophene rings is 3. The Morgan fingerprint density at radius 2 is 0.836 bits per heavy atom. The van der Waals surface area contributed by atoms with Gasteiger partial charge in [0.05, 0.1) is 52.0 Å². The van der Waals surface area contributed by atoms with Gasteiger partial charge in [0.15, 0.2) is 46.4 Å². The maximum atomic E-state index is 14.0. The van der Waals surface area contributed by atoms with Crippen molar-refractivity contribution in [3.8, 4) is 0 Å². The minimum Gasteiger partial charge on any atom is -0.337 e. The second kappa shape index (κ2) is 12.8. The third-order valence-corrected chi connectivity index (χ3v) is 14.0. The molecule has 0 atom stereocenters. The van der Waals surface area contributed by atoms with E-state index in [1.807, 2.05) is 12.1 Å². The highest BCUT2D eigenvalue weighted by Crippen LogP contribution is 2.50. The summed E-state index contributed by atoms with van der Waals surface area (Å²) in [6, 6.07) is 7.06. The fraction of sp³-hybridized carbons (Fsp3) is 0.238. The number of hydrogen-bond donors (Lipinski definition) is 0. The topological polar surface area (TPSA) is 78.1 Å². The SMILES string of the molecule is CC(C)CCn1c2cc(C=C3C(=O)c4cc(F)c(F)cc4C3=O)sc2c2sc3c4sc(C=C5C(=O)c6cc(F)c(F)cc6C5=O)cc4n(CCC(C)C)c3c21. The Balaban J connectivity index is 1.21. The molecule has 0 radical (unpaired) electrons. The van der Waals surface area contributed by atoms with Crippen LogP contribution in [0.3, 0.4) is 0 Å². The molecule has 7 aromatic rings. The van der Waals surface area contributed by atoms with Gasteiger partial charge < -0.3 is 9.13 Å². The summed E-state index contributed by atoms with van der Waals surface area (Å²) in [5.41, 5.74) is 3.24. The lowest BCUT2D eigenvalue weighted by atomic mass is 10.1. The smallest absolute Gasteiger partial charge is 0.197 e. The predicted molar refractivity (Wildman–Crippen MR) is 211 cm³/mol. The van der Waals surface area contributed by atoms with Crippen LogP contribution in [0.1, 0.15) is 91.7 Å². The Morgan fingerprint density at radius 3 is 1.15 bits per heavy atom. The number of carbonyl (C=O) groups excluding carboxylic acids is 4. The standard InChI is InChI=1S/C42H30F4N2O4S3/c1-17(2)5-7-47-31-11-19(9-25-35(49)21-13-27(43)28(44)14-22(21)36(25)50)53-39(31)41-33(47)34-42(55-41)40-32(48(34)8-6-18(3)4)12-20(54-40)10-26-37(51)23-15-29(45)30(46)16-24(23)38(26)52/h9-18H,5-8H2,1-4H3. The summed E-state index contributed by atoms with van der Waals surface area (Å²) in [5.74, 6) is -6.48. The number of nitrogens with zero attached hydrogens (tertiary/aromatic N) is 2. The highest BCUT2D eigenvalue weighted by atomic mass is 32.1. The number of Topliss-reactive ketones (excluding diaryl/α,β-unsaturated/α-hetero) is 4. The molecule has 0 amide bonds. The molecule has 0 unspecified atom stereocenters. The summed E-state index contributed by atoms with van der Waals surface area (Å²) in [5, 5.41) is 0. The van der Waals surface area contributed by atoms with Gasteiger partial charge in [0.2, 0.25) is 0 Å². The first kappa shape index (κ1) is 35.7. The molecule has 2 aliphatic rings. The number of ketones is 4. The Kier molecular flexibility index (Phi) is 8.30. The number of carbonyl (C=O) groups is 4. The molecule has 0 aliphatic heterocycles. The van der Waals surface area contributed by atoms with E-state index in [9.17, 15) is 36.7 Å². The van der Waals surface area contributed by atoms with Crippen molar-refractivity contribution < 1.29 is 36.7 Å². The van der Waals surface area contributed by atoms with E-state index in [0.29, 0.717) is 34.7 Å². The van der Waals surface area contributed by atoms with Gasteiger partial charge in [0.1, 0.15) is 0 Å². The lowest BCUT2D eigenvalue weighted by Crippen LogP contribution is -2.04. The minimum atomic E-state index is -1.19. The van der Waals surface area contributed by atoms with E-state index < -0.39 is 46.4 Å². The van der Waals surface area contributed by atoms with Crippen LogP contribution >= 0.6 is 34.0 Å². The lowest BCUT2D eigenvalue weighted by Gasteiger charge is -2.12. The Hall–Kier alpha value is -4.98. The third kappa shape index (κ3) is 5.45. The first-order valence-electron chi connectivity index (χ1n) is 17.8. The molecule has 2 aliphatic carbocycles. The number of allylic oxidation sites excluding steroid dienone is 2. The molecule has 0 saturated heterocycles. The van der Waals surface area contributed by atoms with Crippen molar-refractivity contribution in [3.63, 3.8) is 0 Å². The maximum absolute atomic E-state index is 14.0. The van der Waals surface area contributed by atoms with Gasteiger partial charge in [-0.2, -0.15) is 0 Å². The van der Waals surface area contributed by atoms with Crippen molar-refractivity contribution in [2.75, 3.05) is 0 Å². The molecule has 0 N–H and O–H groups in total. The molecule has 2 aromatic carbocycles. The van der Waals surface area contributed by atoms with E-state index in [0.717, 1.165) is 78.0 Å². The van der Waals surface area contributed by atoms with Crippen molar-refractivity contribution in [2.24, 2.45) is 11.8 Å². The molecule has 5 heterocycles. The molecule has 0 bridgehead atoms. The van der Waals surface area contributed by atoms with Crippen LogP contribution in [-0.4, -0.2) is 32.3 Å². The summed E-state index contributed by atoms with van der Waals surface area (Å²) in [6.07, 6.45) is 4.82. The van der Waals surface area contributed by atoms with Crippen LogP contribution in [0.25, 0.3) is 53.0 Å². The minimum absolute atomic E-state index is 0.134. The average molecular weight is 799 g/mol. The van der Waals surface area contributed by atoms with Crippen LogP contribution in [0.4, 0.5) is 17.6 Å². The van der Waals surface area contributed by atoms with Gasteiger partial charge in [-0.1, -0.05) is 27.7 Å². The second-order valence-corrected chi connectivity index (χ2v) is 18.1. The van der Waals surface area contributed by atoms with E-state index in [1.54, 1.807) is 11.3 Å². The highest BCUT2D eigenvalue weighted by Gasteiger charge is 2.36. The summed E-state index contributed by atoms with van der Waals surface area (Å²) >= 11 is 4.53. The molecule has 55 heavy (non-hydrogen) atoms. The normalized spacial score (nSPS) is 14.5. The number of aryl methyl sites for hydroxylation is 2. The van der Waals surface area contributed by atoms with Gasteiger partial charge in [0, 0.05) is 45.1 Å². The molecule has 0 spiro atoms. The first-order chi connectivity index (χ1) is 26.2. The molecule has 0 saturated carbocycles. The zero-order valence-electron chi connectivity index (χ0n) is 29.9. The van der Waals surface area contributed by atoms with Crippen LogP contribution in [0.5, 0.6) is 0 Å². The van der Waals surface area contributed by atoms with Crippen molar-refractivity contribution >= 4 is 110 Å². The first-order valence-corrected chi connectivity index (χ1v) is 20.3. The number of rotatable bonds is 8. The van der Waals surface area contributed by atoms with Crippen LogP contribution in [0.2, 0.25) is 0 Å². The summed E-state index contributed by atoms with van der Waals surface area (Å²) in [6.45, 7) is 10.1. The van der Waals surface area contributed by atoms with Crippen molar-refractivity contribution in [1.29, 1.82) is 0 Å². The van der Waals surface area contributed by atoms with E-state index >= 15 is 0 Å². The largest absolute Gasteiger partial charge is 0.337 e. The number of benzene rings is 2. The number of halogens is 4. The van der Waals surface area contributed by atoms with E-state index in [4.69, 9.17) is 0 Å². The summed E-state index contributed by atoms with van der Waals surface area (Å²) in [7, 11) is 0. The van der Waals surface area contributed by atoms with Crippen LogP contribution in [-0.2, 0) is 13.1 Å². The highest BCUT2D eigenvalue weighted by molar-refractivity contribution is 7.34. The Bertz CT molecular complexity index is 2680. The fourth-order valence-corrected chi connectivity index (χ4v) is 11.3. The van der Waals surface area contributed by atoms with E-state index in [2.05, 4.69) is 36.8 Å². The Morgan fingerprint density at radius 1 is 0.509 bits per heavy atom. The van der Waals surface area contributed by atoms with E-state index in [-0.39, 0.29) is 33.4 Å². The van der Waals surface area contributed by atoms with Gasteiger partial charge >= 0.3 is 0 Å². The van der Waals surface area contributed by atoms with Gasteiger partial charge in [-0.05, 0) is 73.2 Å². The average Bonchev–Trinajstić information content (AvgIpc) is 3.97. The van der Waals surface area contributed by atoms with Crippen LogP contribution < -0.4 is 0 Å². The van der Waals surface area contributed by atoms with Crippen LogP contribution in [0, 0.1) is 35.1 Å². The zero-order chi connectivity index (χ0) is 38.8. The zero-order valence-corrected chi connectivity index (χ0v) is 32.3. The van der Waals surface area contributed by atoms with Crippen molar-refractivity contribution in [1.82, 2.24) is 9.13 Å². The molecule has 13 heteroatoms. The second-order valence-electron chi connectivity index (χ2n) is 14.9. The molecule has 6 nitrogen and oxygen atoms in total. The fourth-order valence-electron chi connectivity index (χ4n) is 7.55. The third-order valence-electron chi connectivity index (χ3n) is 10.4. The van der Waals surface area contributed by atoms with Gasteiger partial charge in [-0.25, -0.2) is 17.6 Å². The number of aromatic nitrogens is 2. The number of hydrogen-bond acceptors (Lipinski definition) is 7. The molecule has 278 valence electrons. The predicted octanol–water partition coefficient (Wildman–Crippen LogP) is 11.7. The van der Waals surface area contributed by atoms with E-state index in [1.165, 1.54) is 34.8 Å². The monoisotopic (exact) mass is 798 g/mol. The quantitative estimate of drug-likeness (QED) is 0.0871. The molecule has 9 rings (SSSR count). The number of fused-ring (bicyclic) bond motifs is 9. The van der Waals surface area contributed by atoms with Crippen molar-refractivity contribution in [3.05, 3.63) is 103 Å². The van der Waals surface area contributed by atoms with Gasteiger partial charge in [-0.15, -0.1) is 34.0 Å². The van der Waals surface area contributed by atoms with Gasteiger partial charge in [-0.3, -0.25) is 19.2 Å². The summed E-state index contributed by atoms with van der Waals surface area (Å²) in [4.78, 5) is 54.2. The van der Waals surface area contributed by atoms with Crippen LogP contribution in [0.15, 0.2) is 47.5 Å². The Labute approximate surface area is 323 Å². The maximum Gasteiger partial charge on any atom is 0.197 e.